The van der Waals surface area contributed by atoms with Crippen LogP contribution in [0.2, 0.25) is 0 Å². The molecule has 1 fully saturated rings. The van der Waals surface area contributed by atoms with Crippen LogP contribution < -0.4 is 4.90 Å². The smallest absolute Gasteiger partial charge is 0.254 e. The van der Waals surface area contributed by atoms with Crippen molar-refractivity contribution >= 4 is 32.3 Å². The molecule has 4 rings (SSSR count). The molecule has 2 heterocycles. The maximum atomic E-state index is 12.9. The lowest BCUT2D eigenvalue weighted by atomic mass is 10.1. The minimum atomic E-state index is -3.34. The highest BCUT2D eigenvalue weighted by Gasteiger charge is 2.24. The van der Waals surface area contributed by atoms with Crippen molar-refractivity contribution in [3.63, 3.8) is 0 Å². The maximum absolute atomic E-state index is 12.9. The molecule has 0 spiro atoms. The molecule has 1 amide bonds. The van der Waals surface area contributed by atoms with Gasteiger partial charge in [-0.1, -0.05) is 24.3 Å². The number of piperazine rings is 1. The number of rotatable bonds is 3. The Kier molecular flexibility index (Phi) is 5.00. The number of para-hydroxylation sites is 1. The first-order valence-electron chi connectivity index (χ1n) is 9.53. The molecular weight excluding hydrogens is 386 g/mol. The molecule has 3 aromatic rings. The SMILES string of the molecule is Cc1cccc2c(N3CCN(C(=O)c4cccc(S(C)(=O)=O)c4)CC3)ccnc12. The minimum Gasteiger partial charge on any atom is -0.367 e. The third kappa shape index (κ3) is 3.82. The number of benzene rings is 2. The summed E-state index contributed by atoms with van der Waals surface area (Å²) in [6.45, 7) is 4.64. The average molecular weight is 410 g/mol. The number of nitrogens with zero attached hydrogens (tertiary/aromatic N) is 3. The molecule has 6 nitrogen and oxygen atoms in total. The van der Waals surface area contributed by atoms with Crippen molar-refractivity contribution in [2.24, 2.45) is 0 Å². The third-order valence-electron chi connectivity index (χ3n) is 5.37. The molecule has 0 unspecified atom stereocenters. The van der Waals surface area contributed by atoms with Crippen molar-refractivity contribution in [1.29, 1.82) is 0 Å². The lowest BCUT2D eigenvalue weighted by Crippen LogP contribution is -2.48. The highest BCUT2D eigenvalue weighted by atomic mass is 32.2. The van der Waals surface area contributed by atoms with E-state index in [1.807, 2.05) is 18.3 Å². The number of hydrogen-bond donors (Lipinski definition) is 0. The predicted octanol–water partition coefficient (Wildman–Crippen LogP) is 2.91. The Morgan fingerprint density at radius 2 is 1.72 bits per heavy atom. The van der Waals surface area contributed by atoms with E-state index in [0.29, 0.717) is 31.7 Å². The highest BCUT2D eigenvalue weighted by Crippen LogP contribution is 2.28. The fourth-order valence-electron chi connectivity index (χ4n) is 3.78. The van der Waals surface area contributed by atoms with E-state index in [9.17, 15) is 13.2 Å². The standard InChI is InChI=1S/C22H23N3O3S/c1-16-5-3-8-19-20(9-10-23-21(16)19)24-11-13-25(14-12-24)22(26)17-6-4-7-18(15-17)29(2,27)28/h3-10,15H,11-14H2,1-2H3. The summed E-state index contributed by atoms with van der Waals surface area (Å²) < 4.78 is 23.6. The van der Waals surface area contributed by atoms with Crippen LogP contribution in [0.3, 0.4) is 0 Å². The van der Waals surface area contributed by atoms with E-state index in [4.69, 9.17) is 0 Å². The minimum absolute atomic E-state index is 0.134. The number of fused-ring (bicyclic) bond motifs is 1. The Balaban J connectivity index is 1.52. The van der Waals surface area contributed by atoms with Crippen molar-refractivity contribution in [3.8, 4) is 0 Å². The molecule has 0 N–H and O–H groups in total. The number of anilines is 1. The van der Waals surface area contributed by atoms with Gasteiger partial charge in [0, 0.05) is 55.3 Å². The van der Waals surface area contributed by atoms with Gasteiger partial charge in [-0.15, -0.1) is 0 Å². The summed E-state index contributed by atoms with van der Waals surface area (Å²) in [6, 6.07) is 14.5. The summed E-state index contributed by atoms with van der Waals surface area (Å²) in [4.78, 5) is 21.6. The highest BCUT2D eigenvalue weighted by molar-refractivity contribution is 7.90. The van der Waals surface area contributed by atoms with Gasteiger partial charge < -0.3 is 9.80 Å². The van der Waals surface area contributed by atoms with Gasteiger partial charge in [-0.05, 0) is 36.8 Å². The number of aryl methyl sites for hydroxylation is 1. The van der Waals surface area contributed by atoms with Crippen LogP contribution in [0.4, 0.5) is 5.69 Å². The van der Waals surface area contributed by atoms with Crippen LogP contribution in [0, 0.1) is 6.92 Å². The Morgan fingerprint density at radius 3 is 2.45 bits per heavy atom. The maximum Gasteiger partial charge on any atom is 0.254 e. The summed E-state index contributed by atoms with van der Waals surface area (Å²) in [5, 5.41) is 1.12. The van der Waals surface area contributed by atoms with E-state index < -0.39 is 9.84 Å². The summed E-state index contributed by atoms with van der Waals surface area (Å²) >= 11 is 0. The van der Waals surface area contributed by atoms with E-state index in [-0.39, 0.29) is 10.8 Å². The van der Waals surface area contributed by atoms with E-state index in [2.05, 4.69) is 28.9 Å². The fourth-order valence-corrected chi connectivity index (χ4v) is 4.44. The van der Waals surface area contributed by atoms with Gasteiger partial charge in [-0.3, -0.25) is 9.78 Å². The Bertz CT molecular complexity index is 1180. The Morgan fingerprint density at radius 1 is 1.00 bits per heavy atom. The zero-order valence-electron chi connectivity index (χ0n) is 16.5. The molecule has 0 saturated carbocycles. The van der Waals surface area contributed by atoms with Crippen LogP contribution in [0.15, 0.2) is 59.6 Å². The first kappa shape index (κ1) is 19.4. The van der Waals surface area contributed by atoms with Crippen LogP contribution >= 0.6 is 0 Å². The number of aromatic nitrogens is 1. The van der Waals surface area contributed by atoms with Gasteiger partial charge in [-0.2, -0.15) is 0 Å². The first-order chi connectivity index (χ1) is 13.8. The molecule has 29 heavy (non-hydrogen) atoms. The van der Waals surface area contributed by atoms with Crippen molar-refractivity contribution in [2.45, 2.75) is 11.8 Å². The summed E-state index contributed by atoms with van der Waals surface area (Å²) in [5.41, 5.74) is 3.68. The van der Waals surface area contributed by atoms with Gasteiger partial charge in [0.15, 0.2) is 9.84 Å². The largest absolute Gasteiger partial charge is 0.367 e. The quantitative estimate of drug-likeness (QED) is 0.665. The van der Waals surface area contributed by atoms with Gasteiger partial charge in [0.1, 0.15) is 0 Å². The van der Waals surface area contributed by atoms with E-state index >= 15 is 0 Å². The fraction of sp³-hybridized carbons (Fsp3) is 0.273. The van der Waals surface area contributed by atoms with Crippen molar-refractivity contribution < 1.29 is 13.2 Å². The number of carbonyl (C=O) groups is 1. The van der Waals surface area contributed by atoms with Crippen LogP contribution in [0.5, 0.6) is 0 Å². The second-order valence-electron chi connectivity index (χ2n) is 7.38. The van der Waals surface area contributed by atoms with Crippen LogP contribution in [0.1, 0.15) is 15.9 Å². The normalized spacial score (nSPS) is 15.0. The topological polar surface area (TPSA) is 70.6 Å². The second-order valence-corrected chi connectivity index (χ2v) is 9.40. The molecule has 7 heteroatoms. The predicted molar refractivity (Wildman–Crippen MR) is 114 cm³/mol. The second kappa shape index (κ2) is 7.48. The van der Waals surface area contributed by atoms with Crippen molar-refractivity contribution in [1.82, 2.24) is 9.88 Å². The molecule has 1 saturated heterocycles. The molecule has 0 atom stereocenters. The molecular formula is C22H23N3O3S. The van der Waals surface area contributed by atoms with Gasteiger partial charge in [0.05, 0.1) is 10.4 Å². The zero-order chi connectivity index (χ0) is 20.6. The van der Waals surface area contributed by atoms with Crippen molar-refractivity contribution in [3.05, 3.63) is 65.9 Å². The lowest BCUT2D eigenvalue weighted by Gasteiger charge is -2.36. The average Bonchev–Trinajstić information content (AvgIpc) is 2.73. The number of carbonyl (C=O) groups excluding carboxylic acids is 1. The van der Waals surface area contributed by atoms with Gasteiger partial charge in [-0.25, -0.2) is 8.42 Å². The molecule has 1 aliphatic rings. The van der Waals surface area contributed by atoms with Gasteiger partial charge in [0.25, 0.3) is 5.91 Å². The van der Waals surface area contributed by atoms with E-state index in [1.165, 1.54) is 12.1 Å². The molecule has 150 valence electrons. The van der Waals surface area contributed by atoms with E-state index in [1.54, 1.807) is 17.0 Å². The summed E-state index contributed by atoms with van der Waals surface area (Å²) in [6.07, 6.45) is 2.98. The molecule has 1 aromatic heterocycles. The number of amides is 1. The van der Waals surface area contributed by atoms with Crippen LogP contribution in [-0.4, -0.2) is 56.6 Å². The van der Waals surface area contributed by atoms with Gasteiger partial charge >= 0.3 is 0 Å². The molecule has 2 aromatic carbocycles. The van der Waals surface area contributed by atoms with E-state index in [0.717, 1.165) is 28.4 Å². The van der Waals surface area contributed by atoms with Gasteiger partial charge in [0.2, 0.25) is 0 Å². The first-order valence-corrected chi connectivity index (χ1v) is 11.4. The molecule has 1 aliphatic heterocycles. The van der Waals surface area contributed by atoms with Crippen LogP contribution in [-0.2, 0) is 9.84 Å². The monoisotopic (exact) mass is 409 g/mol. The molecule has 0 aliphatic carbocycles. The van der Waals surface area contributed by atoms with Crippen molar-refractivity contribution in [2.75, 3.05) is 37.3 Å². The molecule has 0 radical (unpaired) electrons. The number of sulfone groups is 1. The summed E-state index contributed by atoms with van der Waals surface area (Å²) in [5.74, 6) is -0.134. The van der Waals surface area contributed by atoms with Crippen LogP contribution in [0.25, 0.3) is 10.9 Å². The third-order valence-corrected chi connectivity index (χ3v) is 6.48. The number of hydrogen-bond acceptors (Lipinski definition) is 5. The molecule has 0 bridgehead atoms. The Labute approximate surface area is 170 Å². The Hall–Kier alpha value is -2.93. The number of pyridine rings is 1. The zero-order valence-corrected chi connectivity index (χ0v) is 17.3. The lowest BCUT2D eigenvalue weighted by molar-refractivity contribution is 0.0746. The summed E-state index contributed by atoms with van der Waals surface area (Å²) in [7, 11) is -3.34.